The minimum absolute atomic E-state index is 0.0290. The van der Waals surface area contributed by atoms with Crippen molar-refractivity contribution in [3.8, 4) is 0 Å². The number of hydrogen-bond acceptors (Lipinski definition) is 4. The first kappa shape index (κ1) is 17.5. The highest BCUT2D eigenvalue weighted by atomic mass is 32.1. The Hall–Kier alpha value is -2.86. The zero-order valence-electron chi connectivity index (χ0n) is 14.9. The van der Waals surface area contributed by atoms with Crippen molar-refractivity contribution in [3.63, 3.8) is 0 Å². The molecule has 0 spiro atoms. The minimum atomic E-state index is -0.326. The number of carbonyl (C=O) groups excluding carboxylic acids is 2. The van der Waals surface area contributed by atoms with Crippen molar-refractivity contribution in [2.24, 2.45) is 5.92 Å². The summed E-state index contributed by atoms with van der Waals surface area (Å²) < 4.78 is 5.10. The second-order valence-electron chi connectivity index (χ2n) is 6.75. The van der Waals surface area contributed by atoms with Gasteiger partial charge in [-0.15, -0.1) is 11.3 Å². The molecule has 2 amide bonds. The molecule has 1 aromatic carbocycles. The van der Waals surface area contributed by atoms with Crippen LogP contribution in [-0.4, -0.2) is 11.8 Å². The molecule has 1 unspecified atom stereocenters. The van der Waals surface area contributed by atoms with Gasteiger partial charge in [0.25, 0.3) is 11.8 Å². The molecule has 0 bridgehead atoms. The van der Waals surface area contributed by atoms with Gasteiger partial charge in [-0.1, -0.05) is 30.3 Å². The number of furan rings is 1. The quantitative estimate of drug-likeness (QED) is 0.646. The van der Waals surface area contributed by atoms with Crippen LogP contribution in [0.3, 0.4) is 0 Å². The Kier molecular flexibility index (Phi) is 4.81. The summed E-state index contributed by atoms with van der Waals surface area (Å²) in [7, 11) is 0. The first-order chi connectivity index (χ1) is 13.1. The molecule has 2 heterocycles. The number of amides is 2. The lowest BCUT2D eigenvalue weighted by atomic mass is 10.0. The van der Waals surface area contributed by atoms with Crippen LogP contribution in [0, 0.1) is 12.8 Å². The van der Waals surface area contributed by atoms with E-state index in [1.54, 1.807) is 12.1 Å². The van der Waals surface area contributed by atoms with Gasteiger partial charge < -0.3 is 15.1 Å². The molecule has 1 aliphatic rings. The summed E-state index contributed by atoms with van der Waals surface area (Å²) >= 11 is 1.28. The maximum Gasteiger partial charge on any atom is 0.291 e. The van der Waals surface area contributed by atoms with Crippen LogP contribution in [0.15, 0.2) is 59.2 Å². The van der Waals surface area contributed by atoms with Crippen molar-refractivity contribution < 1.29 is 14.0 Å². The molecule has 4 rings (SSSR count). The molecule has 1 fully saturated rings. The fourth-order valence-corrected chi connectivity index (χ4v) is 4.09. The Balaban J connectivity index is 1.48. The molecule has 138 valence electrons. The first-order valence-electron chi connectivity index (χ1n) is 8.93. The van der Waals surface area contributed by atoms with Crippen LogP contribution in [-0.2, 0) is 0 Å². The Bertz CT molecular complexity index is 943. The largest absolute Gasteiger partial charge is 0.459 e. The van der Waals surface area contributed by atoms with Crippen LogP contribution >= 0.6 is 11.3 Å². The van der Waals surface area contributed by atoms with Gasteiger partial charge in [-0.3, -0.25) is 9.59 Å². The lowest BCUT2D eigenvalue weighted by Crippen LogP contribution is -2.29. The highest BCUT2D eigenvalue weighted by Gasteiger charge is 2.34. The molecule has 1 aliphatic carbocycles. The van der Waals surface area contributed by atoms with Gasteiger partial charge in [0.05, 0.1) is 22.2 Å². The third kappa shape index (κ3) is 3.95. The average Bonchev–Trinajstić information content (AvgIpc) is 3.22. The number of aryl methyl sites for hydroxylation is 1. The molecule has 0 radical (unpaired) electrons. The number of benzene rings is 1. The Morgan fingerprint density at radius 1 is 1.11 bits per heavy atom. The van der Waals surface area contributed by atoms with Crippen molar-refractivity contribution in [2.75, 3.05) is 5.32 Å². The minimum Gasteiger partial charge on any atom is -0.459 e. The maximum absolute atomic E-state index is 12.9. The summed E-state index contributed by atoms with van der Waals surface area (Å²) in [6.45, 7) is 1.88. The number of anilines is 1. The fourth-order valence-electron chi connectivity index (χ4n) is 3.12. The summed E-state index contributed by atoms with van der Waals surface area (Å²) in [6, 6.07) is 15.2. The molecule has 2 aromatic heterocycles. The molecule has 1 atom stereocenters. The van der Waals surface area contributed by atoms with Crippen LogP contribution in [0.4, 0.5) is 5.00 Å². The van der Waals surface area contributed by atoms with Crippen molar-refractivity contribution in [2.45, 2.75) is 25.8 Å². The van der Waals surface area contributed by atoms with Crippen molar-refractivity contribution in [1.82, 2.24) is 5.32 Å². The number of nitrogens with one attached hydrogen (secondary N) is 2. The lowest BCUT2D eigenvalue weighted by molar-refractivity contribution is 0.0934. The van der Waals surface area contributed by atoms with E-state index in [0.29, 0.717) is 15.8 Å². The van der Waals surface area contributed by atoms with Gasteiger partial charge in [0.1, 0.15) is 0 Å². The van der Waals surface area contributed by atoms with E-state index >= 15 is 0 Å². The number of rotatable bonds is 6. The third-order valence-corrected chi connectivity index (χ3v) is 5.80. The van der Waals surface area contributed by atoms with Crippen LogP contribution in [0.25, 0.3) is 0 Å². The molecule has 1 saturated carbocycles. The highest BCUT2D eigenvalue weighted by Crippen LogP contribution is 2.41. The zero-order valence-corrected chi connectivity index (χ0v) is 15.7. The normalized spacial score (nSPS) is 14.6. The maximum atomic E-state index is 12.9. The van der Waals surface area contributed by atoms with E-state index in [-0.39, 0.29) is 23.6 Å². The number of carbonyl (C=O) groups is 2. The average molecular weight is 380 g/mol. The molecule has 3 aromatic rings. The van der Waals surface area contributed by atoms with Gasteiger partial charge in [-0.05, 0) is 55.0 Å². The van der Waals surface area contributed by atoms with E-state index < -0.39 is 0 Å². The molecular weight excluding hydrogens is 360 g/mol. The van der Waals surface area contributed by atoms with E-state index in [1.807, 2.05) is 31.2 Å². The van der Waals surface area contributed by atoms with Gasteiger partial charge in [-0.2, -0.15) is 0 Å². The summed E-state index contributed by atoms with van der Waals surface area (Å²) in [5, 5.41) is 6.60. The fraction of sp³-hybridized carbons (Fsp3) is 0.238. The van der Waals surface area contributed by atoms with Crippen LogP contribution < -0.4 is 10.6 Å². The number of hydrogen-bond donors (Lipinski definition) is 2. The van der Waals surface area contributed by atoms with Crippen LogP contribution in [0.5, 0.6) is 0 Å². The standard InChI is InChI=1S/C21H20N2O3S/c1-13-12-17(22-20(24)16-8-5-11-26-16)27-19(13)21(25)23-18(15-9-10-15)14-6-3-2-4-7-14/h2-8,11-12,15,18H,9-10H2,1H3,(H,22,24)(H,23,25). The Labute approximate surface area is 161 Å². The molecule has 6 heteroatoms. The lowest BCUT2D eigenvalue weighted by Gasteiger charge is -2.18. The molecular formula is C21H20N2O3S. The summed E-state index contributed by atoms with van der Waals surface area (Å²) in [4.78, 5) is 25.6. The van der Waals surface area contributed by atoms with Gasteiger partial charge in [0, 0.05) is 0 Å². The Morgan fingerprint density at radius 2 is 1.89 bits per heavy atom. The predicted octanol–water partition coefficient (Wildman–Crippen LogP) is 4.78. The topological polar surface area (TPSA) is 71.3 Å². The summed E-state index contributed by atoms with van der Waals surface area (Å²) in [5.74, 6) is 0.310. The Morgan fingerprint density at radius 3 is 2.56 bits per heavy atom. The van der Waals surface area contributed by atoms with Crippen molar-refractivity contribution >= 4 is 28.2 Å². The molecule has 2 N–H and O–H groups in total. The van der Waals surface area contributed by atoms with Gasteiger partial charge in [-0.25, -0.2) is 0 Å². The predicted molar refractivity (Wildman–Crippen MR) is 105 cm³/mol. The molecule has 27 heavy (non-hydrogen) atoms. The third-order valence-electron chi connectivity index (χ3n) is 4.64. The first-order valence-corrected chi connectivity index (χ1v) is 9.74. The van der Waals surface area contributed by atoms with E-state index in [0.717, 1.165) is 24.0 Å². The second-order valence-corrected chi connectivity index (χ2v) is 7.81. The summed E-state index contributed by atoms with van der Waals surface area (Å²) in [6.07, 6.45) is 3.72. The number of thiophene rings is 1. The molecule has 5 nitrogen and oxygen atoms in total. The van der Waals surface area contributed by atoms with Crippen molar-refractivity contribution in [1.29, 1.82) is 0 Å². The van der Waals surface area contributed by atoms with E-state index in [9.17, 15) is 9.59 Å². The molecule has 0 saturated heterocycles. The van der Waals surface area contributed by atoms with Gasteiger partial charge in [0.15, 0.2) is 5.76 Å². The zero-order chi connectivity index (χ0) is 18.8. The van der Waals surface area contributed by atoms with Gasteiger partial charge in [0.2, 0.25) is 0 Å². The second kappa shape index (κ2) is 7.40. The van der Waals surface area contributed by atoms with E-state index in [2.05, 4.69) is 22.8 Å². The van der Waals surface area contributed by atoms with E-state index in [1.165, 1.54) is 17.6 Å². The SMILES string of the molecule is Cc1cc(NC(=O)c2ccco2)sc1C(=O)NC(c1ccccc1)C1CC1. The smallest absolute Gasteiger partial charge is 0.291 e. The van der Waals surface area contributed by atoms with Crippen LogP contribution in [0.1, 0.15) is 50.2 Å². The monoisotopic (exact) mass is 380 g/mol. The molecule has 0 aliphatic heterocycles. The summed E-state index contributed by atoms with van der Waals surface area (Å²) in [5.41, 5.74) is 1.98. The highest BCUT2D eigenvalue weighted by molar-refractivity contribution is 7.18. The van der Waals surface area contributed by atoms with E-state index in [4.69, 9.17) is 4.42 Å². The van der Waals surface area contributed by atoms with Gasteiger partial charge >= 0.3 is 0 Å². The van der Waals surface area contributed by atoms with Crippen LogP contribution in [0.2, 0.25) is 0 Å². The van der Waals surface area contributed by atoms with Crippen molar-refractivity contribution in [3.05, 3.63) is 76.6 Å².